The van der Waals surface area contributed by atoms with Gasteiger partial charge in [0, 0.05) is 29.0 Å². The van der Waals surface area contributed by atoms with Gasteiger partial charge in [-0.3, -0.25) is 27.2 Å². The highest BCUT2D eigenvalue weighted by atomic mass is 127. The highest BCUT2D eigenvalue weighted by Crippen LogP contribution is 2.32. The average Bonchev–Trinajstić information content (AvgIpc) is 3.70. The molecule has 1 aliphatic heterocycles. The minimum atomic E-state index is -3.07. The fraction of sp³-hybridized carbons (Fsp3) is 0.286. The van der Waals surface area contributed by atoms with Gasteiger partial charge in [0.05, 0.1) is 22.3 Å². The summed E-state index contributed by atoms with van der Waals surface area (Å²) in [4.78, 5) is 54.0. The van der Waals surface area contributed by atoms with Crippen LogP contribution in [0.5, 0.6) is 0 Å². The molecule has 1 saturated carbocycles. The molecule has 1 atom stereocenters. The van der Waals surface area contributed by atoms with Crippen LogP contribution >= 0.6 is 22.6 Å². The Labute approximate surface area is 249 Å². The number of halogens is 2. The van der Waals surface area contributed by atoms with E-state index in [0.717, 1.165) is 0 Å². The Balaban J connectivity index is 1.81. The quantitative estimate of drug-likeness (QED) is 0.231. The number of thiol groups is 1. The van der Waals surface area contributed by atoms with Crippen LogP contribution in [0.4, 0.5) is 15.8 Å². The number of benzene rings is 2. The number of nitrogens with one attached hydrogen (secondary N) is 1. The van der Waals surface area contributed by atoms with Crippen molar-refractivity contribution in [1.82, 2.24) is 9.13 Å². The lowest BCUT2D eigenvalue weighted by Crippen LogP contribution is -2.65. The van der Waals surface area contributed by atoms with Crippen LogP contribution in [0.1, 0.15) is 32.7 Å². The topological polar surface area (TPSA) is 110 Å². The summed E-state index contributed by atoms with van der Waals surface area (Å²) in [7, 11) is -1.56. The van der Waals surface area contributed by atoms with Crippen LogP contribution in [0.3, 0.4) is 0 Å². The van der Waals surface area contributed by atoms with E-state index < -0.39 is 43.6 Å². The number of anilines is 2. The van der Waals surface area contributed by atoms with Gasteiger partial charge in [0.1, 0.15) is 24.2 Å². The highest BCUT2D eigenvalue weighted by molar-refractivity contribution is 14.1. The molecule has 2 heterocycles. The third-order valence-corrected chi connectivity index (χ3v) is 9.27. The normalized spacial score (nSPS) is 18.9. The van der Waals surface area contributed by atoms with E-state index >= 15 is 0 Å². The number of quaternary nitrogens is 1. The Morgan fingerprint density at radius 1 is 1.15 bits per heavy atom. The van der Waals surface area contributed by atoms with E-state index in [1.165, 1.54) is 65.2 Å². The highest BCUT2D eigenvalue weighted by Gasteiger charge is 2.39. The van der Waals surface area contributed by atoms with Crippen molar-refractivity contribution in [2.24, 2.45) is 0 Å². The van der Waals surface area contributed by atoms with Gasteiger partial charge in [0.2, 0.25) is 5.91 Å². The molecule has 0 radical (unpaired) electrons. The van der Waals surface area contributed by atoms with Crippen molar-refractivity contribution in [3.63, 3.8) is 0 Å². The maximum Gasteiger partial charge on any atom is 0.372 e. The predicted molar refractivity (Wildman–Crippen MR) is 166 cm³/mol. The molecule has 0 spiro atoms. The molecular formula is C28H30FIN5O5S+. The van der Waals surface area contributed by atoms with Crippen molar-refractivity contribution in [3.05, 3.63) is 83.3 Å². The number of aromatic nitrogens is 2. The van der Waals surface area contributed by atoms with Gasteiger partial charge in [-0.05, 0) is 88.9 Å². The fourth-order valence-electron chi connectivity index (χ4n) is 5.26. The Hall–Kier alpha value is -3.43. The number of rotatable bonds is 6. The van der Waals surface area contributed by atoms with Crippen LogP contribution in [0, 0.1) is 9.39 Å². The Bertz CT molecular complexity index is 1940. The summed E-state index contributed by atoms with van der Waals surface area (Å²) >= 11 is 1.98. The van der Waals surface area contributed by atoms with Crippen LogP contribution in [0.25, 0.3) is 17.5 Å². The molecule has 1 unspecified atom stereocenters. The number of amides is 2. The minimum Gasteiger partial charge on any atom is -0.274 e. The van der Waals surface area contributed by atoms with E-state index in [1.807, 2.05) is 22.6 Å². The summed E-state index contributed by atoms with van der Waals surface area (Å²) in [5.74, 6) is -1.49. The first-order chi connectivity index (χ1) is 19.1. The van der Waals surface area contributed by atoms with Crippen molar-refractivity contribution in [2.45, 2.75) is 32.7 Å². The number of carbonyl (C=O) groups is 2. The monoisotopic (exact) mass is 694 g/mol. The van der Waals surface area contributed by atoms with Crippen molar-refractivity contribution in [2.75, 3.05) is 29.3 Å². The van der Waals surface area contributed by atoms with Gasteiger partial charge in [-0.2, -0.15) is 0 Å². The standard InChI is InChI=1S/C28H30FIN5O5S/c1-16-25-22(15-35(3,27(16)38)31-24-12-9-18(30)13-23(24)29)26(37)33(19-10-11-19)28(39)32(25)20-7-6-8-21(14-20)34(17(2)36)41(4,5)40/h6-9,12-15,19,31,41H,10-11H2,1-5H3/q+1. The molecule has 1 aromatic heterocycles. The van der Waals surface area contributed by atoms with Gasteiger partial charge in [-0.25, -0.2) is 19.4 Å². The molecule has 5 rings (SSSR count). The van der Waals surface area contributed by atoms with Crippen LogP contribution in [-0.4, -0.2) is 49.3 Å². The zero-order valence-corrected chi connectivity index (χ0v) is 26.2. The smallest absolute Gasteiger partial charge is 0.274 e. The molecule has 10 nitrogen and oxygen atoms in total. The molecule has 1 N–H and O–H groups in total. The van der Waals surface area contributed by atoms with Crippen molar-refractivity contribution < 1.29 is 22.8 Å². The van der Waals surface area contributed by atoms with Crippen LogP contribution < -0.4 is 31.5 Å². The molecule has 216 valence electrons. The van der Waals surface area contributed by atoms with Crippen LogP contribution in [0.2, 0.25) is 0 Å². The minimum absolute atomic E-state index is 0.0743. The molecular weight excluding hydrogens is 664 g/mol. The first kappa shape index (κ1) is 29.1. The predicted octanol–water partition coefficient (Wildman–Crippen LogP) is 1.54. The van der Waals surface area contributed by atoms with Gasteiger partial charge < -0.3 is 0 Å². The Morgan fingerprint density at radius 2 is 1.83 bits per heavy atom. The molecule has 0 saturated heterocycles. The summed E-state index contributed by atoms with van der Waals surface area (Å²) in [5, 5.41) is 0.227. The molecule has 2 amide bonds. The summed E-state index contributed by atoms with van der Waals surface area (Å²) in [5.41, 5.74) is 2.55. The maximum absolute atomic E-state index is 14.8. The van der Waals surface area contributed by atoms with Crippen molar-refractivity contribution >= 4 is 67.7 Å². The van der Waals surface area contributed by atoms with E-state index in [4.69, 9.17) is 0 Å². The van der Waals surface area contributed by atoms with E-state index in [2.05, 4.69) is 5.43 Å². The molecule has 2 aliphatic rings. The van der Waals surface area contributed by atoms with E-state index in [1.54, 1.807) is 30.3 Å². The summed E-state index contributed by atoms with van der Waals surface area (Å²) in [6, 6.07) is 10.6. The third-order valence-electron chi connectivity index (χ3n) is 7.12. The SMILES string of the molecule is CC(=O)N(c1cccc(-n2c3c(c(=O)n(C4CC4)c2=O)=C[N+](C)(Nc2ccc(I)cc2F)C(=O)C=3C)c1)[SH](C)(C)=O. The molecule has 0 bridgehead atoms. The van der Waals surface area contributed by atoms with Gasteiger partial charge in [-0.15, -0.1) is 4.59 Å². The maximum atomic E-state index is 14.8. The molecule has 41 heavy (non-hydrogen) atoms. The van der Waals surface area contributed by atoms with Crippen LogP contribution in [-0.2, 0) is 19.7 Å². The van der Waals surface area contributed by atoms with E-state index in [0.29, 0.717) is 27.8 Å². The number of hydrogen-bond acceptors (Lipinski definition) is 6. The molecule has 1 fully saturated rings. The van der Waals surface area contributed by atoms with Gasteiger partial charge in [0.15, 0.2) is 5.82 Å². The van der Waals surface area contributed by atoms with Crippen molar-refractivity contribution in [3.8, 4) is 5.69 Å². The Kier molecular flexibility index (Phi) is 7.19. The largest absolute Gasteiger partial charge is 0.372 e. The number of hydrogen-bond donors (Lipinski definition) is 2. The lowest BCUT2D eigenvalue weighted by atomic mass is 10.1. The molecule has 1 aliphatic carbocycles. The van der Waals surface area contributed by atoms with E-state index in [9.17, 15) is 27.8 Å². The van der Waals surface area contributed by atoms with Crippen molar-refractivity contribution in [1.29, 1.82) is 0 Å². The second-order valence-corrected chi connectivity index (χ2v) is 15.0. The molecule has 3 aromatic rings. The number of nitrogens with zero attached hydrogens (tertiary/aromatic N) is 4. The summed E-state index contributed by atoms with van der Waals surface area (Å²) in [6.07, 6.45) is 5.64. The second-order valence-electron chi connectivity index (χ2n) is 10.8. The zero-order valence-electron chi connectivity index (χ0n) is 23.1. The first-order valence-electron chi connectivity index (χ1n) is 12.9. The lowest BCUT2D eigenvalue weighted by molar-refractivity contribution is -0.725. The lowest BCUT2D eigenvalue weighted by Gasteiger charge is -2.31. The number of fused-ring (bicyclic) bond motifs is 1. The summed E-state index contributed by atoms with van der Waals surface area (Å²) in [6.45, 7) is 2.83. The van der Waals surface area contributed by atoms with E-state index in [-0.39, 0.29) is 27.9 Å². The summed E-state index contributed by atoms with van der Waals surface area (Å²) < 4.78 is 31.4. The average molecular weight is 695 g/mol. The zero-order chi connectivity index (χ0) is 30.0. The second kappa shape index (κ2) is 10.1. The third kappa shape index (κ3) is 5.10. The molecule has 2 aromatic carbocycles. The van der Waals surface area contributed by atoms with Gasteiger partial charge >= 0.3 is 11.6 Å². The molecule has 13 heteroatoms. The Morgan fingerprint density at radius 3 is 2.41 bits per heavy atom. The van der Waals surface area contributed by atoms with Gasteiger partial charge in [-0.1, -0.05) is 6.07 Å². The fourth-order valence-corrected chi connectivity index (χ4v) is 7.08. The first-order valence-corrected chi connectivity index (χ1v) is 16.5. The number of carbonyl (C=O) groups excluding carboxylic acids is 2. The van der Waals surface area contributed by atoms with Crippen LogP contribution in [0.15, 0.2) is 52.1 Å². The van der Waals surface area contributed by atoms with Gasteiger partial charge in [0.25, 0.3) is 5.56 Å².